The van der Waals surface area contributed by atoms with Crippen LogP contribution in [0, 0.1) is 5.92 Å². The molecule has 2 rings (SSSR count). The first kappa shape index (κ1) is 13.9. The van der Waals surface area contributed by atoms with Crippen molar-refractivity contribution in [2.45, 2.75) is 57.9 Å². The molecule has 1 fully saturated rings. The largest absolute Gasteiger partial charge is 0.327 e. The van der Waals surface area contributed by atoms with Crippen molar-refractivity contribution >= 4 is 11.6 Å². The molecule has 1 unspecified atom stereocenters. The summed E-state index contributed by atoms with van der Waals surface area (Å²) in [5.74, 6) is 0.831. The molecule has 0 aliphatic heterocycles. The molecule has 4 heteroatoms. The molecular formula is C14H24ClN3. The summed E-state index contributed by atoms with van der Waals surface area (Å²) in [7, 11) is 1.96. The normalized spacial score (nSPS) is 18.4. The van der Waals surface area contributed by atoms with Crippen LogP contribution < -0.4 is 5.73 Å². The van der Waals surface area contributed by atoms with E-state index >= 15 is 0 Å². The quantitative estimate of drug-likeness (QED) is 0.893. The van der Waals surface area contributed by atoms with E-state index in [2.05, 4.69) is 12.0 Å². The average molecular weight is 270 g/mol. The van der Waals surface area contributed by atoms with Crippen LogP contribution in [0.1, 0.15) is 50.4 Å². The molecule has 1 atom stereocenters. The molecule has 1 heterocycles. The van der Waals surface area contributed by atoms with Gasteiger partial charge in [0.1, 0.15) is 0 Å². The van der Waals surface area contributed by atoms with Crippen LogP contribution in [-0.2, 0) is 19.9 Å². The van der Waals surface area contributed by atoms with Gasteiger partial charge in [0.15, 0.2) is 0 Å². The molecule has 1 aromatic rings. The van der Waals surface area contributed by atoms with Crippen molar-refractivity contribution in [2.75, 3.05) is 0 Å². The molecule has 0 bridgehead atoms. The SMILES string of the molecule is CCc1nn(C)c(CC(N)CC2CCCC2)c1Cl. The van der Waals surface area contributed by atoms with Gasteiger partial charge < -0.3 is 5.73 Å². The van der Waals surface area contributed by atoms with E-state index in [1.807, 2.05) is 11.7 Å². The third kappa shape index (κ3) is 3.07. The van der Waals surface area contributed by atoms with Crippen LogP contribution in [0.15, 0.2) is 0 Å². The van der Waals surface area contributed by atoms with Crippen molar-refractivity contribution < 1.29 is 0 Å². The maximum atomic E-state index is 6.35. The second-order valence-corrected chi connectivity index (χ2v) is 5.91. The van der Waals surface area contributed by atoms with E-state index in [4.69, 9.17) is 17.3 Å². The van der Waals surface area contributed by atoms with Crippen molar-refractivity contribution in [3.05, 3.63) is 16.4 Å². The molecule has 18 heavy (non-hydrogen) atoms. The van der Waals surface area contributed by atoms with Crippen LogP contribution in [0.4, 0.5) is 0 Å². The zero-order chi connectivity index (χ0) is 13.1. The third-order valence-corrected chi connectivity index (χ3v) is 4.51. The Morgan fingerprint density at radius 1 is 1.44 bits per heavy atom. The number of aryl methyl sites for hydroxylation is 2. The summed E-state index contributed by atoms with van der Waals surface area (Å²) in [6.45, 7) is 2.08. The highest BCUT2D eigenvalue weighted by Crippen LogP contribution is 2.29. The Kier molecular flexibility index (Phi) is 4.68. The van der Waals surface area contributed by atoms with Gasteiger partial charge in [0.05, 0.1) is 16.4 Å². The summed E-state index contributed by atoms with van der Waals surface area (Å²) in [4.78, 5) is 0. The lowest BCUT2D eigenvalue weighted by molar-refractivity contribution is 0.435. The molecule has 1 aromatic heterocycles. The summed E-state index contributed by atoms with van der Waals surface area (Å²) in [6, 6.07) is 0.214. The highest BCUT2D eigenvalue weighted by atomic mass is 35.5. The molecule has 102 valence electrons. The monoisotopic (exact) mass is 269 g/mol. The average Bonchev–Trinajstić information content (AvgIpc) is 2.92. The van der Waals surface area contributed by atoms with Gasteiger partial charge in [-0.3, -0.25) is 4.68 Å². The first-order valence-electron chi connectivity index (χ1n) is 7.07. The molecule has 0 saturated heterocycles. The number of nitrogens with zero attached hydrogens (tertiary/aromatic N) is 2. The zero-order valence-electron chi connectivity index (χ0n) is 11.5. The van der Waals surface area contributed by atoms with Gasteiger partial charge in [-0.15, -0.1) is 0 Å². The second-order valence-electron chi connectivity index (χ2n) is 5.53. The van der Waals surface area contributed by atoms with Crippen LogP contribution >= 0.6 is 11.6 Å². The highest BCUT2D eigenvalue weighted by molar-refractivity contribution is 6.31. The molecular weight excluding hydrogens is 246 g/mol. The minimum absolute atomic E-state index is 0.214. The van der Waals surface area contributed by atoms with Gasteiger partial charge in [-0.25, -0.2) is 0 Å². The lowest BCUT2D eigenvalue weighted by atomic mass is 9.96. The van der Waals surface area contributed by atoms with Crippen molar-refractivity contribution in [2.24, 2.45) is 18.7 Å². The topological polar surface area (TPSA) is 43.8 Å². The summed E-state index contributed by atoms with van der Waals surface area (Å²) < 4.78 is 1.90. The molecule has 0 aromatic carbocycles. The molecule has 2 N–H and O–H groups in total. The van der Waals surface area contributed by atoms with E-state index in [-0.39, 0.29) is 6.04 Å². The van der Waals surface area contributed by atoms with Gasteiger partial charge >= 0.3 is 0 Å². The van der Waals surface area contributed by atoms with Gasteiger partial charge in [0.25, 0.3) is 0 Å². The number of rotatable bonds is 5. The van der Waals surface area contributed by atoms with E-state index < -0.39 is 0 Å². The Hall–Kier alpha value is -0.540. The first-order valence-corrected chi connectivity index (χ1v) is 7.45. The standard InChI is InChI=1S/C14H24ClN3/c1-3-12-14(15)13(18(2)17-12)9-11(16)8-10-6-4-5-7-10/h10-11H,3-9,16H2,1-2H3. The number of nitrogens with two attached hydrogens (primary N) is 1. The predicted octanol–water partition coefficient (Wildman–Crippen LogP) is 3.09. The second kappa shape index (κ2) is 6.07. The number of hydrogen-bond acceptors (Lipinski definition) is 2. The number of aromatic nitrogens is 2. The van der Waals surface area contributed by atoms with E-state index in [1.165, 1.54) is 25.7 Å². The molecule has 1 aliphatic rings. The van der Waals surface area contributed by atoms with E-state index in [9.17, 15) is 0 Å². The van der Waals surface area contributed by atoms with Gasteiger partial charge in [-0.1, -0.05) is 44.2 Å². The molecule has 0 radical (unpaired) electrons. The summed E-state index contributed by atoms with van der Waals surface area (Å²) in [5, 5.41) is 5.26. The maximum absolute atomic E-state index is 6.35. The number of hydrogen-bond donors (Lipinski definition) is 1. The summed E-state index contributed by atoms with van der Waals surface area (Å²) in [5.41, 5.74) is 8.36. The fourth-order valence-electron chi connectivity index (χ4n) is 3.05. The van der Waals surface area contributed by atoms with Gasteiger partial charge in [0, 0.05) is 19.5 Å². The van der Waals surface area contributed by atoms with E-state index in [0.717, 1.165) is 41.6 Å². The highest BCUT2D eigenvalue weighted by Gasteiger charge is 2.21. The van der Waals surface area contributed by atoms with Crippen LogP contribution in [0.2, 0.25) is 5.02 Å². The van der Waals surface area contributed by atoms with Crippen LogP contribution in [0.3, 0.4) is 0 Å². The summed E-state index contributed by atoms with van der Waals surface area (Å²) in [6.07, 6.45) is 8.32. The molecule has 3 nitrogen and oxygen atoms in total. The predicted molar refractivity (Wildman–Crippen MR) is 75.9 cm³/mol. The molecule has 1 aliphatic carbocycles. The van der Waals surface area contributed by atoms with Crippen LogP contribution in [-0.4, -0.2) is 15.8 Å². The Morgan fingerprint density at radius 3 is 2.67 bits per heavy atom. The zero-order valence-corrected chi connectivity index (χ0v) is 12.2. The molecule has 0 amide bonds. The van der Waals surface area contributed by atoms with Gasteiger partial charge in [-0.2, -0.15) is 5.10 Å². The van der Waals surface area contributed by atoms with Crippen molar-refractivity contribution in [3.8, 4) is 0 Å². The van der Waals surface area contributed by atoms with Crippen molar-refractivity contribution in [3.63, 3.8) is 0 Å². The smallest absolute Gasteiger partial charge is 0.0850 e. The minimum Gasteiger partial charge on any atom is -0.327 e. The van der Waals surface area contributed by atoms with Crippen LogP contribution in [0.5, 0.6) is 0 Å². The van der Waals surface area contributed by atoms with Crippen molar-refractivity contribution in [1.29, 1.82) is 0 Å². The third-order valence-electron chi connectivity index (χ3n) is 4.07. The molecule has 0 spiro atoms. The first-order chi connectivity index (χ1) is 8.61. The lowest BCUT2D eigenvalue weighted by Crippen LogP contribution is -2.26. The fourth-order valence-corrected chi connectivity index (χ4v) is 3.42. The lowest BCUT2D eigenvalue weighted by Gasteiger charge is -2.16. The van der Waals surface area contributed by atoms with E-state index in [1.54, 1.807) is 0 Å². The Bertz CT molecular complexity index is 394. The molecule has 1 saturated carbocycles. The van der Waals surface area contributed by atoms with Crippen molar-refractivity contribution in [1.82, 2.24) is 9.78 Å². The number of halogens is 1. The Balaban J connectivity index is 1.97. The summed E-state index contributed by atoms with van der Waals surface area (Å²) >= 11 is 6.35. The van der Waals surface area contributed by atoms with Crippen LogP contribution in [0.25, 0.3) is 0 Å². The Labute approximate surface area is 115 Å². The maximum Gasteiger partial charge on any atom is 0.0850 e. The van der Waals surface area contributed by atoms with Gasteiger partial charge in [0.2, 0.25) is 0 Å². The Morgan fingerprint density at radius 2 is 2.11 bits per heavy atom. The fraction of sp³-hybridized carbons (Fsp3) is 0.786. The minimum atomic E-state index is 0.214. The van der Waals surface area contributed by atoms with Gasteiger partial charge in [-0.05, 0) is 18.8 Å². The van der Waals surface area contributed by atoms with E-state index in [0.29, 0.717) is 0 Å².